The third kappa shape index (κ3) is 3.28. The lowest BCUT2D eigenvalue weighted by atomic mass is 9.84. The molecule has 0 saturated carbocycles. The van der Waals surface area contributed by atoms with Gasteiger partial charge in [0.15, 0.2) is 0 Å². The van der Waals surface area contributed by atoms with E-state index in [1.165, 1.54) is 12.5 Å². The highest BCUT2D eigenvalue weighted by Gasteiger charge is 2.36. The van der Waals surface area contributed by atoms with Crippen molar-refractivity contribution in [1.82, 2.24) is 5.32 Å². The van der Waals surface area contributed by atoms with Crippen molar-refractivity contribution in [3.8, 4) is 0 Å². The zero-order valence-electron chi connectivity index (χ0n) is 11.5. The van der Waals surface area contributed by atoms with Crippen LogP contribution in [-0.4, -0.2) is 25.3 Å². The summed E-state index contributed by atoms with van der Waals surface area (Å²) in [5.74, 6) is -0.358. The smallest absolute Gasteiger partial charge is 0.142 e. The Morgan fingerprint density at radius 3 is 2.89 bits per heavy atom. The predicted molar refractivity (Wildman–Crippen MR) is 76.2 cm³/mol. The Balaban J connectivity index is 2.16. The molecular formula is C15H21ClFNO. The van der Waals surface area contributed by atoms with Gasteiger partial charge in [0, 0.05) is 12.6 Å². The van der Waals surface area contributed by atoms with Gasteiger partial charge in [0.25, 0.3) is 0 Å². The van der Waals surface area contributed by atoms with Gasteiger partial charge < -0.3 is 10.1 Å². The van der Waals surface area contributed by atoms with Gasteiger partial charge in [0.05, 0.1) is 10.6 Å². The second kappa shape index (κ2) is 6.21. The topological polar surface area (TPSA) is 21.3 Å². The highest BCUT2D eigenvalue weighted by atomic mass is 35.5. The van der Waals surface area contributed by atoms with Crippen molar-refractivity contribution in [3.05, 3.63) is 34.6 Å². The third-order valence-corrected chi connectivity index (χ3v) is 4.46. The summed E-state index contributed by atoms with van der Waals surface area (Å²) in [5, 5.41) is 3.53. The highest BCUT2D eigenvalue weighted by molar-refractivity contribution is 6.31. The Kier molecular flexibility index (Phi) is 4.82. The third-order valence-electron chi connectivity index (χ3n) is 4.04. The maximum absolute atomic E-state index is 13.5. The molecule has 1 fully saturated rings. The quantitative estimate of drug-likeness (QED) is 0.913. The molecule has 106 valence electrons. The second-order valence-electron chi connectivity index (χ2n) is 5.38. The van der Waals surface area contributed by atoms with Crippen LogP contribution >= 0.6 is 11.6 Å². The molecule has 2 unspecified atom stereocenters. The first kappa shape index (κ1) is 14.8. The number of ether oxygens (including phenoxy) is 1. The van der Waals surface area contributed by atoms with Gasteiger partial charge in [-0.25, -0.2) is 4.39 Å². The molecule has 1 aliphatic heterocycles. The van der Waals surface area contributed by atoms with Crippen LogP contribution in [0.4, 0.5) is 4.39 Å². The molecule has 1 saturated heterocycles. The lowest BCUT2D eigenvalue weighted by Crippen LogP contribution is -2.52. The van der Waals surface area contributed by atoms with E-state index in [4.69, 9.17) is 16.3 Å². The molecule has 4 heteroatoms. The van der Waals surface area contributed by atoms with E-state index >= 15 is 0 Å². The fraction of sp³-hybridized carbons (Fsp3) is 0.600. The summed E-state index contributed by atoms with van der Waals surface area (Å²) < 4.78 is 19.4. The molecule has 2 rings (SSSR count). The van der Waals surface area contributed by atoms with E-state index in [-0.39, 0.29) is 22.5 Å². The molecule has 1 heterocycles. The van der Waals surface area contributed by atoms with Gasteiger partial charge in [0.1, 0.15) is 5.82 Å². The van der Waals surface area contributed by atoms with Crippen LogP contribution in [0.1, 0.15) is 31.7 Å². The lowest BCUT2D eigenvalue weighted by Gasteiger charge is -2.40. The Bertz CT molecular complexity index is 432. The standard InChI is InChI=1S/C15H21ClFNO/c1-15(8-3-4-9-19-15)13(18-2)10-11-6-5-7-12(17)14(11)16/h5-7,13,18H,3-4,8-10H2,1-2H3. The molecule has 0 aromatic heterocycles. The molecule has 0 amide bonds. The predicted octanol–water partition coefficient (Wildman–Crippen LogP) is 3.57. The molecule has 2 atom stereocenters. The van der Waals surface area contributed by atoms with Crippen LogP contribution in [0.2, 0.25) is 5.02 Å². The van der Waals surface area contributed by atoms with Gasteiger partial charge in [0.2, 0.25) is 0 Å². The fourth-order valence-corrected chi connectivity index (χ4v) is 2.98. The van der Waals surface area contributed by atoms with Crippen molar-refractivity contribution in [2.24, 2.45) is 0 Å². The zero-order valence-corrected chi connectivity index (χ0v) is 12.3. The van der Waals surface area contributed by atoms with Crippen molar-refractivity contribution in [2.75, 3.05) is 13.7 Å². The second-order valence-corrected chi connectivity index (χ2v) is 5.75. The molecule has 0 aliphatic carbocycles. The van der Waals surface area contributed by atoms with Crippen LogP contribution in [0, 0.1) is 5.82 Å². The number of hydrogen-bond acceptors (Lipinski definition) is 2. The molecule has 0 bridgehead atoms. The van der Waals surface area contributed by atoms with E-state index in [9.17, 15) is 4.39 Å². The van der Waals surface area contributed by atoms with Crippen LogP contribution in [0.3, 0.4) is 0 Å². The van der Waals surface area contributed by atoms with E-state index < -0.39 is 0 Å². The Morgan fingerprint density at radius 2 is 2.26 bits per heavy atom. The fourth-order valence-electron chi connectivity index (χ4n) is 2.78. The summed E-state index contributed by atoms with van der Waals surface area (Å²) in [6.45, 7) is 2.92. The van der Waals surface area contributed by atoms with E-state index in [1.807, 2.05) is 13.1 Å². The number of hydrogen-bond donors (Lipinski definition) is 1. The molecule has 1 aromatic carbocycles. The molecule has 1 aliphatic rings. The average Bonchev–Trinajstić information content (AvgIpc) is 2.41. The van der Waals surface area contributed by atoms with Crippen molar-refractivity contribution in [2.45, 2.75) is 44.2 Å². The minimum Gasteiger partial charge on any atom is -0.374 e. The summed E-state index contributed by atoms with van der Waals surface area (Å²) in [6.07, 6.45) is 3.98. The first-order valence-electron chi connectivity index (χ1n) is 6.81. The summed E-state index contributed by atoms with van der Waals surface area (Å²) in [5.41, 5.74) is 0.624. The van der Waals surface area contributed by atoms with Crippen molar-refractivity contribution >= 4 is 11.6 Å². The van der Waals surface area contributed by atoms with Crippen LogP contribution in [-0.2, 0) is 11.2 Å². The van der Waals surface area contributed by atoms with E-state index in [0.29, 0.717) is 6.42 Å². The summed E-state index contributed by atoms with van der Waals surface area (Å²) in [4.78, 5) is 0. The van der Waals surface area contributed by atoms with Gasteiger partial charge in [-0.3, -0.25) is 0 Å². The molecule has 2 nitrogen and oxygen atoms in total. The van der Waals surface area contributed by atoms with E-state index in [0.717, 1.165) is 25.0 Å². The van der Waals surface area contributed by atoms with Crippen LogP contribution in [0.15, 0.2) is 18.2 Å². The number of benzene rings is 1. The first-order valence-corrected chi connectivity index (χ1v) is 7.19. The molecular weight excluding hydrogens is 265 g/mol. The minimum atomic E-state index is -0.358. The number of nitrogens with one attached hydrogen (secondary N) is 1. The molecule has 1 N–H and O–H groups in total. The summed E-state index contributed by atoms with van der Waals surface area (Å²) >= 11 is 6.04. The Hall–Kier alpha value is -0.640. The van der Waals surface area contributed by atoms with Crippen LogP contribution in [0.5, 0.6) is 0 Å². The van der Waals surface area contributed by atoms with Crippen molar-refractivity contribution in [1.29, 1.82) is 0 Å². The molecule has 0 radical (unpaired) electrons. The number of halogens is 2. The maximum Gasteiger partial charge on any atom is 0.142 e. The van der Waals surface area contributed by atoms with E-state index in [1.54, 1.807) is 6.07 Å². The first-order chi connectivity index (χ1) is 9.07. The van der Waals surface area contributed by atoms with Crippen molar-refractivity contribution in [3.63, 3.8) is 0 Å². The highest BCUT2D eigenvalue weighted by Crippen LogP contribution is 2.31. The van der Waals surface area contributed by atoms with Gasteiger partial charge >= 0.3 is 0 Å². The van der Waals surface area contributed by atoms with Gasteiger partial charge in [-0.2, -0.15) is 0 Å². The SMILES string of the molecule is CNC(Cc1cccc(F)c1Cl)C1(C)CCCCO1. The lowest BCUT2D eigenvalue weighted by molar-refractivity contribution is -0.0870. The van der Waals surface area contributed by atoms with Crippen molar-refractivity contribution < 1.29 is 9.13 Å². The minimum absolute atomic E-state index is 0.132. The molecule has 1 aromatic rings. The zero-order chi connectivity index (χ0) is 13.9. The monoisotopic (exact) mass is 285 g/mol. The number of likely N-dealkylation sites (N-methyl/N-ethyl adjacent to an activating group) is 1. The van der Waals surface area contributed by atoms with Crippen LogP contribution in [0.25, 0.3) is 0 Å². The maximum atomic E-state index is 13.5. The summed E-state index contributed by atoms with van der Waals surface area (Å²) in [7, 11) is 1.92. The largest absolute Gasteiger partial charge is 0.374 e. The molecule has 0 spiro atoms. The Labute approximate surface area is 119 Å². The van der Waals surface area contributed by atoms with Gasteiger partial charge in [-0.15, -0.1) is 0 Å². The number of rotatable bonds is 4. The van der Waals surface area contributed by atoms with Gasteiger partial charge in [-0.05, 0) is 51.3 Å². The summed E-state index contributed by atoms with van der Waals surface area (Å²) in [6, 6.07) is 5.10. The van der Waals surface area contributed by atoms with Gasteiger partial charge in [-0.1, -0.05) is 23.7 Å². The Morgan fingerprint density at radius 1 is 1.47 bits per heavy atom. The average molecular weight is 286 g/mol. The molecule has 19 heavy (non-hydrogen) atoms. The van der Waals surface area contributed by atoms with E-state index in [2.05, 4.69) is 12.2 Å². The normalized spacial score (nSPS) is 25.3. The van der Waals surface area contributed by atoms with Crippen LogP contribution < -0.4 is 5.32 Å².